The zero-order valence-electron chi connectivity index (χ0n) is 11.0. The van der Waals surface area contributed by atoms with E-state index in [2.05, 4.69) is 0 Å². The molecule has 0 aliphatic rings. The molecule has 0 aromatic carbocycles. The van der Waals surface area contributed by atoms with Crippen LogP contribution in [0.25, 0.3) is 0 Å². The number of nitrogens with two attached hydrogens (primary N) is 1. The van der Waals surface area contributed by atoms with Crippen molar-refractivity contribution in [2.24, 2.45) is 11.7 Å². The number of nitrogens with zero attached hydrogens (tertiary/aromatic N) is 1. The smallest absolute Gasteiger partial charge is 0.239 e. The number of likely N-dealkylation sites (N-methyl/N-ethyl adjacent to an activating group) is 1. The molecule has 0 fully saturated rings. The average molecular weight is 269 g/mol. The first kappa shape index (κ1) is 19.0. The molecule has 1 amide bonds. The number of halogens is 1. The molecule has 0 bridgehead atoms. The molecule has 0 heterocycles. The van der Waals surface area contributed by atoms with Gasteiger partial charge in [-0.2, -0.15) is 0 Å². The van der Waals surface area contributed by atoms with E-state index >= 15 is 0 Å². The van der Waals surface area contributed by atoms with Gasteiger partial charge in [-0.25, -0.2) is 0 Å². The van der Waals surface area contributed by atoms with Crippen LogP contribution in [-0.4, -0.2) is 55.4 Å². The molecule has 5 nitrogen and oxygen atoms in total. The van der Waals surface area contributed by atoms with Crippen molar-refractivity contribution < 1.29 is 14.6 Å². The van der Waals surface area contributed by atoms with Gasteiger partial charge in [-0.05, 0) is 5.92 Å². The van der Waals surface area contributed by atoms with Gasteiger partial charge in [0.05, 0.1) is 18.8 Å². The Hall–Kier alpha value is -0.360. The lowest BCUT2D eigenvalue weighted by Gasteiger charge is -2.26. The van der Waals surface area contributed by atoms with Crippen molar-refractivity contribution in [2.45, 2.75) is 32.4 Å². The SMILES string of the molecule is CC[C@H](C)[C@H](N)C(=O)N(C)CC(O)COC.Cl. The average Bonchev–Trinajstić information content (AvgIpc) is 2.26. The first-order valence-corrected chi connectivity index (χ1v) is 5.61. The van der Waals surface area contributed by atoms with Gasteiger partial charge in [0.25, 0.3) is 0 Å². The lowest BCUT2D eigenvalue weighted by molar-refractivity contribution is -0.134. The lowest BCUT2D eigenvalue weighted by atomic mass is 9.99. The van der Waals surface area contributed by atoms with Crippen LogP contribution in [0, 0.1) is 5.92 Å². The number of aliphatic hydroxyl groups excluding tert-OH is 1. The number of carbonyl (C=O) groups excluding carboxylic acids is 1. The number of carbonyl (C=O) groups is 1. The van der Waals surface area contributed by atoms with Gasteiger partial charge < -0.3 is 20.5 Å². The maximum Gasteiger partial charge on any atom is 0.239 e. The van der Waals surface area contributed by atoms with Gasteiger partial charge in [-0.1, -0.05) is 20.3 Å². The van der Waals surface area contributed by atoms with E-state index in [1.807, 2.05) is 13.8 Å². The standard InChI is InChI=1S/C11H24N2O3.ClH/c1-5-8(2)10(12)11(15)13(3)6-9(14)7-16-4;/h8-10,14H,5-7,12H2,1-4H3;1H/t8-,9?,10-;/m0./s1. The summed E-state index contributed by atoms with van der Waals surface area (Å²) < 4.78 is 4.79. The Morgan fingerprint density at radius 1 is 1.53 bits per heavy atom. The first-order valence-electron chi connectivity index (χ1n) is 5.61. The maximum absolute atomic E-state index is 11.8. The number of methoxy groups -OCH3 is 1. The highest BCUT2D eigenvalue weighted by Crippen LogP contribution is 2.08. The van der Waals surface area contributed by atoms with Gasteiger partial charge in [0, 0.05) is 20.7 Å². The molecule has 0 aliphatic carbocycles. The third-order valence-corrected chi connectivity index (χ3v) is 2.76. The summed E-state index contributed by atoms with van der Waals surface area (Å²) in [4.78, 5) is 13.3. The predicted molar refractivity (Wildman–Crippen MR) is 70.2 cm³/mol. The second-order valence-corrected chi connectivity index (χ2v) is 4.24. The van der Waals surface area contributed by atoms with E-state index in [1.165, 1.54) is 12.0 Å². The summed E-state index contributed by atoms with van der Waals surface area (Å²) in [6.45, 7) is 4.41. The normalized spacial score (nSPS) is 15.6. The fourth-order valence-electron chi connectivity index (χ4n) is 1.40. The zero-order chi connectivity index (χ0) is 12.7. The van der Waals surface area contributed by atoms with E-state index in [9.17, 15) is 9.90 Å². The van der Waals surface area contributed by atoms with Crippen LogP contribution in [-0.2, 0) is 9.53 Å². The summed E-state index contributed by atoms with van der Waals surface area (Å²) in [5.41, 5.74) is 5.82. The quantitative estimate of drug-likeness (QED) is 0.694. The van der Waals surface area contributed by atoms with Crippen LogP contribution >= 0.6 is 12.4 Å². The minimum atomic E-state index is -0.664. The molecule has 0 radical (unpaired) electrons. The molecule has 1 unspecified atom stereocenters. The third kappa shape index (κ3) is 6.83. The summed E-state index contributed by atoms with van der Waals surface area (Å²) in [6.07, 6.45) is 0.199. The molecular formula is C11H25ClN2O3. The van der Waals surface area contributed by atoms with Crippen LogP contribution in [0.5, 0.6) is 0 Å². The Bertz CT molecular complexity index is 217. The van der Waals surface area contributed by atoms with Gasteiger partial charge in [0.15, 0.2) is 0 Å². The van der Waals surface area contributed by atoms with Gasteiger partial charge in [0.2, 0.25) is 5.91 Å². The maximum atomic E-state index is 11.8. The Labute approximate surface area is 110 Å². The van der Waals surface area contributed by atoms with E-state index in [4.69, 9.17) is 10.5 Å². The van der Waals surface area contributed by atoms with Crippen LogP contribution in [0.2, 0.25) is 0 Å². The fraction of sp³-hybridized carbons (Fsp3) is 0.909. The minimum Gasteiger partial charge on any atom is -0.389 e. The highest BCUT2D eigenvalue weighted by Gasteiger charge is 2.23. The van der Waals surface area contributed by atoms with Crippen molar-refractivity contribution in [2.75, 3.05) is 27.3 Å². The number of hydrogen-bond donors (Lipinski definition) is 2. The van der Waals surface area contributed by atoms with Crippen molar-refractivity contribution in [3.8, 4) is 0 Å². The van der Waals surface area contributed by atoms with Gasteiger partial charge in [0.1, 0.15) is 0 Å². The molecule has 3 atom stereocenters. The summed E-state index contributed by atoms with van der Waals surface area (Å²) >= 11 is 0. The van der Waals surface area contributed by atoms with E-state index in [0.717, 1.165) is 6.42 Å². The Kier molecular flexibility index (Phi) is 10.8. The Balaban J connectivity index is 0. The van der Waals surface area contributed by atoms with Crippen molar-refractivity contribution >= 4 is 18.3 Å². The Morgan fingerprint density at radius 2 is 2.06 bits per heavy atom. The molecule has 0 rings (SSSR count). The second kappa shape index (κ2) is 9.65. The number of amides is 1. The van der Waals surface area contributed by atoms with E-state index in [1.54, 1.807) is 7.05 Å². The van der Waals surface area contributed by atoms with Crippen LogP contribution in [0.15, 0.2) is 0 Å². The molecular weight excluding hydrogens is 244 g/mol. The highest BCUT2D eigenvalue weighted by atomic mass is 35.5. The van der Waals surface area contributed by atoms with Crippen molar-refractivity contribution in [1.82, 2.24) is 4.90 Å². The topological polar surface area (TPSA) is 75.8 Å². The third-order valence-electron chi connectivity index (χ3n) is 2.76. The molecule has 0 aliphatic heterocycles. The van der Waals surface area contributed by atoms with Crippen molar-refractivity contribution in [1.29, 1.82) is 0 Å². The molecule has 17 heavy (non-hydrogen) atoms. The summed E-state index contributed by atoms with van der Waals surface area (Å²) in [5, 5.41) is 9.49. The molecule has 0 saturated heterocycles. The monoisotopic (exact) mass is 268 g/mol. The lowest BCUT2D eigenvalue weighted by Crippen LogP contribution is -2.48. The van der Waals surface area contributed by atoms with Gasteiger partial charge in [-0.15, -0.1) is 12.4 Å². The molecule has 0 aromatic heterocycles. The van der Waals surface area contributed by atoms with Crippen LogP contribution in [0.1, 0.15) is 20.3 Å². The number of hydrogen-bond acceptors (Lipinski definition) is 4. The number of ether oxygens (including phenoxy) is 1. The predicted octanol–water partition coefficient (Wildman–Crippen LogP) is 0.247. The first-order chi connectivity index (χ1) is 7.43. The summed E-state index contributed by atoms with van der Waals surface area (Å²) in [7, 11) is 3.15. The van der Waals surface area contributed by atoms with E-state index in [0.29, 0.717) is 0 Å². The largest absolute Gasteiger partial charge is 0.389 e. The molecule has 3 N–H and O–H groups in total. The number of aliphatic hydroxyl groups is 1. The fourth-order valence-corrected chi connectivity index (χ4v) is 1.40. The van der Waals surface area contributed by atoms with Crippen molar-refractivity contribution in [3.05, 3.63) is 0 Å². The number of rotatable bonds is 7. The van der Waals surface area contributed by atoms with E-state index < -0.39 is 12.1 Å². The Morgan fingerprint density at radius 3 is 2.47 bits per heavy atom. The second-order valence-electron chi connectivity index (χ2n) is 4.24. The van der Waals surface area contributed by atoms with Crippen LogP contribution in [0.4, 0.5) is 0 Å². The minimum absolute atomic E-state index is 0. The van der Waals surface area contributed by atoms with E-state index in [-0.39, 0.29) is 37.4 Å². The molecule has 104 valence electrons. The molecule has 0 spiro atoms. The van der Waals surface area contributed by atoms with Gasteiger partial charge in [-0.3, -0.25) is 4.79 Å². The molecule has 0 aromatic rings. The van der Waals surface area contributed by atoms with Gasteiger partial charge >= 0.3 is 0 Å². The molecule has 6 heteroatoms. The molecule has 0 saturated carbocycles. The zero-order valence-corrected chi connectivity index (χ0v) is 11.9. The summed E-state index contributed by atoms with van der Waals surface area (Å²) in [6, 6.07) is -0.496. The summed E-state index contributed by atoms with van der Waals surface area (Å²) in [5.74, 6) is 0.0130. The van der Waals surface area contributed by atoms with Crippen LogP contribution < -0.4 is 5.73 Å². The van der Waals surface area contributed by atoms with Crippen molar-refractivity contribution in [3.63, 3.8) is 0 Å². The van der Waals surface area contributed by atoms with Crippen LogP contribution in [0.3, 0.4) is 0 Å². The highest BCUT2D eigenvalue weighted by molar-refractivity contribution is 5.85.